The van der Waals surface area contributed by atoms with Gasteiger partial charge in [0.2, 0.25) is 11.8 Å². The summed E-state index contributed by atoms with van der Waals surface area (Å²) in [6.07, 6.45) is 1.87. The number of carbonyl (C=O) groups is 2. The summed E-state index contributed by atoms with van der Waals surface area (Å²) in [5, 5.41) is 11.9. The maximum Gasteiger partial charge on any atom is 0.224 e. The molecule has 0 aliphatic heterocycles. The zero-order valence-corrected chi connectivity index (χ0v) is 9.48. The highest BCUT2D eigenvalue weighted by molar-refractivity contribution is 5.90. The lowest BCUT2D eigenvalue weighted by molar-refractivity contribution is -0.119. The Hall–Kier alpha value is -2.04. The molecule has 5 nitrogen and oxygen atoms in total. The fourth-order valence-electron chi connectivity index (χ4n) is 1.39. The van der Waals surface area contributed by atoms with Crippen LogP contribution in [0.2, 0.25) is 0 Å². The minimum absolute atomic E-state index is 0.108. The van der Waals surface area contributed by atoms with Gasteiger partial charge in [-0.1, -0.05) is 6.07 Å². The van der Waals surface area contributed by atoms with Gasteiger partial charge in [-0.25, -0.2) is 0 Å². The number of hydrogen-bond donors (Lipinski definition) is 3. The van der Waals surface area contributed by atoms with Crippen LogP contribution < -0.4 is 11.1 Å². The Labute approximate surface area is 99.6 Å². The first-order valence-electron chi connectivity index (χ1n) is 5.45. The van der Waals surface area contributed by atoms with Crippen molar-refractivity contribution in [1.29, 1.82) is 0 Å². The molecule has 5 heteroatoms. The van der Waals surface area contributed by atoms with Crippen molar-refractivity contribution in [1.82, 2.24) is 0 Å². The van der Waals surface area contributed by atoms with E-state index < -0.39 is 0 Å². The van der Waals surface area contributed by atoms with Crippen LogP contribution in [0.1, 0.15) is 25.7 Å². The monoisotopic (exact) mass is 236 g/mol. The molecular weight excluding hydrogens is 220 g/mol. The second-order valence-electron chi connectivity index (χ2n) is 3.77. The van der Waals surface area contributed by atoms with E-state index in [1.54, 1.807) is 12.1 Å². The Morgan fingerprint density at radius 1 is 1.24 bits per heavy atom. The molecule has 0 spiro atoms. The maximum atomic E-state index is 11.5. The van der Waals surface area contributed by atoms with Crippen molar-refractivity contribution in [3.05, 3.63) is 24.3 Å². The third kappa shape index (κ3) is 5.55. The van der Waals surface area contributed by atoms with Crippen LogP contribution in [0.15, 0.2) is 24.3 Å². The first-order chi connectivity index (χ1) is 8.08. The van der Waals surface area contributed by atoms with E-state index in [0.717, 1.165) is 0 Å². The molecule has 0 fully saturated rings. The molecule has 0 saturated carbocycles. The molecule has 0 bridgehead atoms. The lowest BCUT2D eigenvalue weighted by Crippen LogP contribution is -2.12. The number of amides is 2. The predicted octanol–water partition coefficient (Wildman–Crippen LogP) is 1.38. The SMILES string of the molecule is NC(=O)CCCCC(=O)Nc1cccc(O)c1. The van der Waals surface area contributed by atoms with Crippen molar-refractivity contribution in [3.8, 4) is 5.75 Å². The molecule has 2 amide bonds. The summed E-state index contributed by atoms with van der Waals surface area (Å²) < 4.78 is 0. The Balaban J connectivity index is 2.27. The largest absolute Gasteiger partial charge is 0.508 e. The molecule has 0 aliphatic rings. The van der Waals surface area contributed by atoms with Crippen LogP contribution in [0.5, 0.6) is 5.75 Å². The van der Waals surface area contributed by atoms with Gasteiger partial charge in [0, 0.05) is 24.6 Å². The summed E-state index contributed by atoms with van der Waals surface area (Å²) in [6.45, 7) is 0. The van der Waals surface area contributed by atoms with Crippen LogP contribution in [0.3, 0.4) is 0 Å². The molecule has 92 valence electrons. The molecule has 0 aromatic heterocycles. The summed E-state index contributed by atoms with van der Waals surface area (Å²) in [5.74, 6) is -0.380. The number of benzene rings is 1. The maximum absolute atomic E-state index is 11.5. The van der Waals surface area contributed by atoms with Gasteiger partial charge in [0.05, 0.1) is 0 Å². The van der Waals surface area contributed by atoms with E-state index in [1.807, 2.05) is 0 Å². The highest BCUT2D eigenvalue weighted by Gasteiger charge is 2.03. The molecule has 17 heavy (non-hydrogen) atoms. The number of nitrogens with two attached hydrogens (primary N) is 1. The van der Waals surface area contributed by atoms with Crippen LogP contribution in [0, 0.1) is 0 Å². The number of nitrogens with one attached hydrogen (secondary N) is 1. The molecule has 1 aromatic rings. The van der Waals surface area contributed by atoms with Crippen LogP contribution in [0.25, 0.3) is 0 Å². The van der Waals surface area contributed by atoms with Crippen LogP contribution >= 0.6 is 0 Å². The van der Waals surface area contributed by atoms with Crippen molar-refractivity contribution >= 4 is 17.5 Å². The molecule has 0 heterocycles. The van der Waals surface area contributed by atoms with E-state index in [-0.39, 0.29) is 17.6 Å². The summed E-state index contributed by atoms with van der Waals surface area (Å²) >= 11 is 0. The third-order valence-electron chi connectivity index (χ3n) is 2.21. The molecule has 1 rings (SSSR count). The quantitative estimate of drug-likeness (QED) is 0.651. The molecule has 0 aliphatic carbocycles. The van der Waals surface area contributed by atoms with E-state index in [4.69, 9.17) is 5.73 Å². The minimum atomic E-state index is -0.349. The zero-order valence-electron chi connectivity index (χ0n) is 9.48. The van der Waals surface area contributed by atoms with Gasteiger partial charge in [-0.15, -0.1) is 0 Å². The van der Waals surface area contributed by atoms with Crippen molar-refractivity contribution in [2.75, 3.05) is 5.32 Å². The van der Waals surface area contributed by atoms with Crippen LogP contribution in [-0.4, -0.2) is 16.9 Å². The van der Waals surface area contributed by atoms with Gasteiger partial charge in [-0.05, 0) is 25.0 Å². The van der Waals surface area contributed by atoms with Crippen molar-refractivity contribution in [2.24, 2.45) is 5.73 Å². The number of rotatable bonds is 6. The topological polar surface area (TPSA) is 92.4 Å². The van der Waals surface area contributed by atoms with Gasteiger partial charge in [-0.2, -0.15) is 0 Å². The zero-order chi connectivity index (χ0) is 12.7. The number of phenolic OH excluding ortho intramolecular Hbond substituents is 1. The van der Waals surface area contributed by atoms with E-state index >= 15 is 0 Å². The summed E-state index contributed by atoms with van der Waals surface area (Å²) in [6, 6.07) is 6.35. The van der Waals surface area contributed by atoms with Crippen molar-refractivity contribution in [2.45, 2.75) is 25.7 Å². The van der Waals surface area contributed by atoms with Gasteiger partial charge in [0.1, 0.15) is 5.75 Å². The van der Waals surface area contributed by atoms with Crippen LogP contribution in [0.4, 0.5) is 5.69 Å². The van der Waals surface area contributed by atoms with E-state index in [2.05, 4.69) is 5.32 Å². The number of primary amides is 1. The fourth-order valence-corrected chi connectivity index (χ4v) is 1.39. The predicted molar refractivity (Wildman–Crippen MR) is 64.4 cm³/mol. The van der Waals surface area contributed by atoms with Crippen molar-refractivity contribution < 1.29 is 14.7 Å². The lowest BCUT2D eigenvalue weighted by Gasteiger charge is -2.05. The number of phenols is 1. The number of carbonyl (C=O) groups excluding carboxylic acids is 2. The number of anilines is 1. The molecule has 0 unspecified atom stereocenters. The number of hydrogen-bond acceptors (Lipinski definition) is 3. The molecule has 4 N–H and O–H groups in total. The van der Waals surface area contributed by atoms with E-state index in [0.29, 0.717) is 31.4 Å². The Bertz CT molecular complexity index is 404. The van der Waals surface area contributed by atoms with Crippen molar-refractivity contribution in [3.63, 3.8) is 0 Å². The van der Waals surface area contributed by atoms with Gasteiger partial charge >= 0.3 is 0 Å². The molecule has 0 saturated heterocycles. The second-order valence-corrected chi connectivity index (χ2v) is 3.77. The number of unbranched alkanes of at least 4 members (excludes halogenated alkanes) is 1. The standard InChI is InChI=1S/C12H16N2O3/c13-11(16)6-1-2-7-12(17)14-9-4-3-5-10(15)8-9/h3-5,8,15H,1-2,6-7H2,(H2,13,16)(H,14,17). The van der Waals surface area contributed by atoms with Gasteiger partial charge in [0.25, 0.3) is 0 Å². The first kappa shape index (κ1) is 13.0. The highest BCUT2D eigenvalue weighted by Crippen LogP contribution is 2.15. The highest BCUT2D eigenvalue weighted by atomic mass is 16.3. The van der Waals surface area contributed by atoms with Crippen LogP contribution in [-0.2, 0) is 9.59 Å². The summed E-state index contributed by atoms with van der Waals surface area (Å²) in [4.78, 5) is 21.9. The number of aromatic hydroxyl groups is 1. The summed E-state index contributed by atoms with van der Waals surface area (Å²) in [7, 11) is 0. The second kappa shape index (κ2) is 6.52. The Morgan fingerprint density at radius 3 is 2.59 bits per heavy atom. The minimum Gasteiger partial charge on any atom is -0.508 e. The van der Waals surface area contributed by atoms with Gasteiger partial charge < -0.3 is 16.2 Å². The third-order valence-corrected chi connectivity index (χ3v) is 2.21. The lowest BCUT2D eigenvalue weighted by atomic mass is 10.2. The first-order valence-corrected chi connectivity index (χ1v) is 5.45. The van der Waals surface area contributed by atoms with Gasteiger partial charge in [-0.3, -0.25) is 9.59 Å². The molecular formula is C12H16N2O3. The average molecular weight is 236 g/mol. The molecule has 0 atom stereocenters. The Morgan fingerprint density at radius 2 is 1.94 bits per heavy atom. The molecule has 0 radical (unpaired) electrons. The van der Waals surface area contributed by atoms with Gasteiger partial charge in [0.15, 0.2) is 0 Å². The smallest absolute Gasteiger partial charge is 0.224 e. The molecule has 1 aromatic carbocycles. The average Bonchev–Trinajstić information content (AvgIpc) is 2.24. The van der Waals surface area contributed by atoms with E-state index in [9.17, 15) is 14.7 Å². The summed E-state index contributed by atoms with van der Waals surface area (Å²) in [5.41, 5.74) is 5.54. The fraction of sp³-hybridized carbons (Fsp3) is 0.333. The van der Waals surface area contributed by atoms with E-state index in [1.165, 1.54) is 12.1 Å². The Kier molecular flexibility index (Phi) is 5.00. The normalized spacial score (nSPS) is 9.88.